The van der Waals surface area contributed by atoms with Gasteiger partial charge in [0.25, 0.3) is 5.56 Å². The van der Waals surface area contributed by atoms with Gasteiger partial charge in [0, 0.05) is 30.4 Å². The maximum absolute atomic E-state index is 12.1. The minimum Gasteiger partial charge on any atom is -0.378 e. The van der Waals surface area contributed by atoms with E-state index in [-0.39, 0.29) is 26.4 Å². The first kappa shape index (κ1) is 24.2. The van der Waals surface area contributed by atoms with E-state index in [1.807, 2.05) is 13.8 Å². The van der Waals surface area contributed by atoms with Gasteiger partial charge in [0.1, 0.15) is 6.23 Å². The highest BCUT2D eigenvalue weighted by Gasteiger charge is 2.36. The molecule has 0 aromatic carbocycles. The van der Waals surface area contributed by atoms with Crippen molar-refractivity contribution in [2.24, 2.45) is 0 Å². The smallest absolute Gasteiger partial charge is 0.330 e. The topological polar surface area (TPSA) is 109 Å². The van der Waals surface area contributed by atoms with Crippen LogP contribution in [0.1, 0.15) is 44.9 Å². The van der Waals surface area contributed by atoms with Crippen LogP contribution in [0.5, 0.6) is 0 Å². The maximum Gasteiger partial charge on any atom is 0.330 e. The fraction of sp³-hybridized carbons (Fsp3) is 0.722. The highest BCUT2D eigenvalue weighted by atomic mass is 32.2. The molecule has 1 aromatic heterocycles. The van der Waals surface area contributed by atoms with Crippen LogP contribution in [0.2, 0.25) is 0 Å². The first-order chi connectivity index (χ1) is 14.0. The Morgan fingerprint density at radius 1 is 1.34 bits per heavy atom. The van der Waals surface area contributed by atoms with Crippen LogP contribution in [0, 0.1) is 6.92 Å². The van der Waals surface area contributed by atoms with E-state index in [2.05, 4.69) is 4.98 Å². The van der Waals surface area contributed by atoms with Crippen molar-refractivity contribution in [2.75, 3.05) is 25.6 Å². The van der Waals surface area contributed by atoms with Crippen LogP contribution in [-0.2, 0) is 23.3 Å². The molecule has 1 fully saturated rings. The van der Waals surface area contributed by atoms with E-state index in [0.717, 1.165) is 6.42 Å². The molecular weight excluding hydrogens is 419 g/mol. The third-order valence-corrected chi connectivity index (χ3v) is 6.11. The van der Waals surface area contributed by atoms with Crippen molar-refractivity contribution in [2.45, 2.75) is 58.5 Å². The Bertz CT molecular complexity index is 769. The molecule has 164 valence electrons. The van der Waals surface area contributed by atoms with Gasteiger partial charge in [-0.1, -0.05) is 25.6 Å². The van der Waals surface area contributed by atoms with Gasteiger partial charge in [0.2, 0.25) is 0 Å². The number of H-pyrrole nitrogens is 1. The van der Waals surface area contributed by atoms with Crippen molar-refractivity contribution in [3.8, 4) is 0 Å². The lowest BCUT2D eigenvalue weighted by Crippen LogP contribution is -2.33. The number of carbonyl (C=O) groups is 1. The third kappa shape index (κ3) is 7.62. The molecule has 11 heteroatoms. The maximum atomic E-state index is 12.1. The summed E-state index contributed by atoms with van der Waals surface area (Å²) in [6.07, 6.45) is 2.46. The van der Waals surface area contributed by atoms with Crippen molar-refractivity contribution in [3.63, 3.8) is 0 Å². The second-order valence-electron chi connectivity index (χ2n) is 6.53. The van der Waals surface area contributed by atoms with Crippen molar-refractivity contribution in [3.05, 3.63) is 32.6 Å². The molecule has 2 rings (SSSR count). The molecule has 0 radical (unpaired) electrons. The van der Waals surface area contributed by atoms with Gasteiger partial charge < -0.3 is 18.5 Å². The molecule has 4 atom stereocenters. The van der Waals surface area contributed by atoms with Crippen LogP contribution in [0.3, 0.4) is 0 Å². The fourth-order valence-electron chi connectivity index (χ4n) is 2.81. The molecule has 0 amide bonds. The molecular formula is C18H29N2O7PS. The van der Waals surface area contributed by atoms with Gasteiger partial charge in [-0.05, 0) is 13.3 Å². The van der Waals surface area contributed by atoms with Gasteiger partial charge in [-0.25, -0.2) is 4.79 Å². The van der Waals surface area contributed by atoms with Gasteiger partial charge in [-0.3, -0.25) is 19.1 Å². The highest BCUT2D eigenvalue weighted by Crippen LogP contribution is 2.35. The van der Waals surface area contributed by atoms with Crippen LogP contribution in [0.4, 0.5) is 0 Å². The summed E-state index contributed by atoms with van der Waals surface area (Å²) in [6, 6.07) is 0. The number of aryl methyl sites for hydroxylation is 1. The van der Waals surface area contributed by atoms with E-state index in [1.165, 1.54) is 22.5 Å². The SMILES string of the molecule is CCC(=O)SCCOCCOPOC1C[C@H](n2cc(C)c(=O)[nH]c2=O)O[C@@H]1CC. The van der Waals surface area contributed by atoms with E-state index < -0.39 is 17.5 Å². The van der Waals surface area contributed by atoms with E-state index >= 15 is 0 Å². The molecule has 0 saturated carbocycles. The molecule has 2 unspecified atom stereocenters. The fourth-order valence-corrected chi connectivity index (χ4v) is 4.05. The number of carbonyl (C=O) groups excluding carboxylic acids is 1. The predicted octanol–water partition coefficient (Wildman–Crippen LogP) is 2.14. The molecule has 9 nitrogen and oxygen atoms in total. The van der Waals surface area contributed by atoms with Crippen LogP contribution < -0.4 is 11.2 Å². The van der Waals surface area contributed by atoms with Gasteiger partial charge in [0.05, 0.1) is 32.0 Å². The molecule has 29 heavy (non-hydrogen) atoms. The second-order valence-corrected chi connectivity index (χ2v) is 8.37. The average molecular weight is 448 g/mol. The number of aromatic nitrogens is 2. The van der Waals surface area contributed by atoms with Crippen LogP contribution in [0.15, 0.2) is 15.8 Å². The van der Waals surface area contributed by atoms with Crippen molar-refractivity contribution >= 4 is 25.9 Å². The lowest BCUT2D eigenvalue weighted by molar-refractivity contribution is -0.110. The zero-order valence-corrected chi connectivity index (χ0v) is 18.8. The van der Waals surface area contributed by atoms with Gasteiger partial charge in [0.15, 0.2) is 14.1 Å². The lowest BCUT2D eigenvalue weighted by Gasteiger charge is -2.16. The molecule has 0 spiro atoms. The first-order valence-electron chi connectivity index (χ1n) is 9.69. The molecule has 1 aliphatic rings. The minimum atomic E-state index is -0.490. The lowest BCUT2D eigenvalue weighted by atomic mass is 10.1. The molecule has 2 heterocycles. The Morgan fingerprint density at radius 3 is 2.86 bits per heavy atom. The Labute approximate surface area is 175 Å². The summed E-state index contributed by atoms with van der Waals surface area (Å²) in [7, 11) is -0.161. The zero-order chi connectivity index (χ0) is 21.2. The van der Waals surface area contributed by atoms with Gasteiger partial charge in [-0.2, -0.15) is 0 Å². The number of ether oxygens (including phenoxy) is 2. The number of rotatable bonds is 12. The summed E-state index contributed by atoms with van der Waals surface area (Å²) >= 11 is 1.28. The van der Waals surface area contributed by atoms with E-state index in [0.29, 0.717) is 44.0 Å². The Kier molecular flexibility index (Phi) is 10.5. The number of aromatic amines is 1. The van der Waals surface area contributed by atoms with Crippen LogP contribution in [-0.4, -0.2) is 52.4 Å². The Balaban J connectivity index is 1.69. The van der Waals surface area contributed by atoms with Crippen LogP contribution in [0.25, 0.3) is 0 Å². The monoisotopic (exact) mass is 448 g/mol. The quantitative estimate of drug-likeness (QED) is 0.383. The van der Waals surface area contributed by atoms with Crippen molar-refractivity contribution in [1.82, 2.24) is 9.55 Å². The summed E-state index contributed by atoms with van der Waals surface area (Å²) in [5.41, 5.74) is -0.430. The van der Waals surface area contributed by atoms with Gasteiger partial charge in [-0.15, -0.1) is 0 Å². The van der Waals surface area contributed by atoms with E-state index in [9.17, 15) is 14.4 Å². The zero-order valence-electron chi connectivity index (χ0n) is 17.0. The molecule has 0 bridgehead atoms. The van der Waals surface area contributed by atoms with Crippen LogP contribution >= 0.6 is 20.8 Å². The minimum absolute atomic E-state index is 0.153. The number of nitrogens with zero attached hydrogens (tertiary/aromatic N) is 1. The average Bonchev–Trinajstić information content (AvgIpc) is 3.12. The molecule has 0 aliphatic carbocycles. The summed E-state index contributed by atoms with van der Waals surface area (Å²) in [4.78, 5) is 37.1. The number of nitrogens with one attached hydrogen (secondary N) is 1. The summed E-state index contributed by atoms with van der Waals surface area (Å²) in [5.74, 6) is 0.647. The normalized spacial score (nSPS) is 22.0. The Morgan fingerprint density at radius 2 is 2.14 bits per heavy atom. The van der Waals surface area contributed by atoms with E-state index in [4.69, 9.17) is 18.5 Å². The summed E-state index contributed by atoms with van der Waals surface area (Å²) in [6.45, 7) is 6.82. The molecule has 1 N–H and O–H groups in total. The molecule has 1 aromatic rings. The van der Waals surface area contributed by atoms with E-state index in [1.54, 1.807) is 6.92 Å². The molecule has 1 aliphatic heterocycles. The Hall–Kier alpha value is -1.03. The van der Waals surface area contributed by atoms with Crippen molar-refractivity contribution in [1.29, 1.82) is 0 Å². The molecule has 1 saturated heterocycles. The standard InChI is InChI=1S/C18H29N2O7PS/c1-4-13-14(27-28-25-7-6-24-8-9-29-16(21)5-2)10-15(26-13)20-11-12(3)17(22)19-18(20)23/h11,13-15,28H,4-10H2,1-3H3,(H,19,22,23)/t13-,14?,15-/m1/s1. The number of hydrogen-bond acceptors (Lipinski definition) is 8. The summed E-state index contributed by atoms with van der Waals surface area (Å²) < 4.78 is 24.0. The largest absolute Gasteiger partial charge is 0.378 e. The van der Waals surface area contributed by atoms with Gasteiger partial charge >= 0.3 is 5.69 Å². The highest BCUT2D eigenvalue weighted by molar-refractivity contribution is 8.13. The summed E-state index contributed by atoms with van der Waals surface area (Å²) in [5, 5.41) is 0.168. The second kappa shape index (κ2) is 12.6. The number of hydrogen-bond donors (Lipinski definition) is 1. The van der Waals surface area contributed by atoms with Crippen molar-refractivity contribution < 1.29 is 23.3 Å². The first-order valence-corrected chi connectivity index (χ1v) is 11.5. The third-order valence-electron chi connectivity index (χ3n) is 4.41. The predicted molar refractivity (Wildman–Crippen MR) is 113 cm³/mol. The number of thioether (sulfide) groups is 1.